The highest BCUT2D eigenvalue weighted by Crippen LogP contribution is 2.30. The van der Waals surface area contributed by atoms with Gasteiger partial charge in [-0.3, -0.25) is 38.9 Å². The highest BCUT2D eigenvalue weighted by molar-refractivity contribution is 6.00. The Hall–Kier alpha value is -7.59. The largest absolute Gasteiger partial charge is 0.508 e. The Morgan fingerprint density at radius 1 is 0.667 bits per heavy atom. The molecule has 3 saturated heterocycles. The van der Waals surface area contributed by atoms with Crippen molar-refractivity contribution in [3.8, 4) is 33.8 Å². The molecule has 0 saturated carbocycles. The molecule has 0 bridgehead atoms. The SMILES string of the molecule is CCCCCOc1ccc(-c2ccc(-c3ccc(C(=O)N[C@H]4C[C@@H](O)[C@@H](NCCN(C)C)NC(=O)[C@@H]5[C@@H](O)[C@@H](C)CN5C(=O)[C@H]([C@@H](C)O)NC(=O)[C@H]([C@H](O)[C@@H](O)c5ccc(O)cc5)NC(=O)[C@@H]5C[C@@H](O)CN5C(=O)[C@H]([C@@H](C)O)NC4=O)cc3)cc2)cc1. The summed E-state index contributed by atoms with van der Waals surface area (Å²) >= 11 is 0. The van der Waals surface area contributed by atoms with E-state index >= 15 is 0 Å². The summed E-state index contributed by atoms with van der Waals surface area (Å²) in [5.74, 6) is -8.07. The second-order valence-corrected chi connectivity index (χ2v) is 23.1. The Labute approximate surface area is 505 Å². The quantitative estimate of drug-likeness (QED) is 0.0544. The van der Waals surface area contributed by atoms with Crippen molar-refractivity contribution in [3.05, 3.63) is 108 Å². The zero-order valence-electron chi connectivity index (χ0n) is 49.7. The Kier molecular flexibility index (Phi) is 23.4. The lowest BCUT2D eigenvalue weighted by molar-refractivity contribution is -0.148. The Morgan fingerprint density at radius 3 is 1.77 bits per heavy atom. The standard InChI is InChI=1S/C62H83N9O16/c1-7-8-9-28-87-44-24-20-39(21-25-44)37-12-10-36(11-13-37)38-14-16-41(17-15-38)56(80)64-45-30-47(76)55(63-26-27-69(5)6)68-60(84)51-52(77)33(2)31-71(51)62(86)49(35(4)73)66-59(83)50(54(79)53(78)40-18-22-42(74)23-19-40)67-58(82)46-29-43(75)32-70(46)61(85)48(34(3)72)65-57(45)81/h10-25,33-35,43,45-55,63,72-79H,7-9,26-32H2,1-6H3,(H,64,80)(H,65,81)(H,66,83)(H,67,82)(H,68,84)/t33-,34+,35+,43+,45-,46-,47+,48-,49-,50-,51-,52-,53-,54-,55-/m0/s1. The first-order valence-corrected chi connectivity index (χ1v) is 29.4. The summed E-state index contributed by atoms with van der Waals surface area (Å²) in [7, 11) is 3.51. The van der Waals surface area contributed by atoms with Gasteiger partial charge in [0.2, 0.25) is 35.4 Å². The number of carbonyl (C=O) groups excluding carboxylic acids is 7. The molecule has 0 spiro atoms. The number of likely N-dealkylation sites (N-methyl/N-ethyl adjacent to an activating group) is 1. The first kappa shape index (κ1) is 66.9. The van der Waals surface area contributed by atoms with Crippen LogP contribution < -0.4 is 36.6 Å². The maximum absolute atomic E-state index is 14.8. The van der Waals surface area contributed by atoms with E-state index in [-0.39, 0.29) is 30.0 Å². The van der Waals surface area contributed by atoms with Crippen molar-refractivity contribution in [2.45, 2.75) is 145 Å². The third-order valence-electron chi connectivity index (χ3n) is 16.0. The van der Waals surface area contributed by atoms with E-state index in [0.29, 0.717) is 13.2 Å². The zero-order valence-corrected chi connectivity index (χ0v) is 49.7. The lowest BCUT2D eigenvalue weighted by atomic mass is 9.96. The second kappa shape index (κ2) is 30.4. The van der Waals surface area contributed by atoms with Crippen LogP contribution in [0.1, 0.15) is 81.8 Å². The van der Waals surface area contributed by atoms with Gasteiger partial charge in [0.15, 0.2) is 0 Å². The van der Waals surface area contributed by atoms with Gasteiger partial charge in [0.25, 0.3) is 5.91 Å². The number of fused-ring (bicyclic) bond motifs is 2. The number of phenols is 1. The highest BCUT2D eigenvalue weighted by atomic mass is 16.5. The molecule has 0 radical (unpaired) electrons. The molecule has 25 heteroatoms. The van der Waals surface area contributed by atoms with E-state index in [1.807, 2.05) is 48.5 Å². The number of aliphatic hydroxyl groups excluding tert-OH is 7. The third-order valence-corrected chi connectivity index (χ3v) is 16.0. The Balaban J connectivity index is 1.22. The molecule has 7 rings (SSSR count). The normalized spacial score (nSPS) is 26.7. The molecule has 4 aromatic carbocycles. The van der Waals surface area contributed by atoms with E-state index in [1.54, 1.807) is 31.1 Å². The predicted octanol–water partition coefficient (Wildman–Crippen LogP) is -0.768. The molecule has 0 unspecified atom stereocenters. The van der Waals surface area contributed by atoms with Gasteiger partial charge in [0.05, 0.1) is 37.1 Å². The Bertz CT molecular complexity index is 2990. The van der Waals surface area contributed by atoms with Gasteiger partial charge in [-0.15, -0.1) is 0 Å². The van der Waals surface area contributed by atoms with E-state index in [1.165, 1.54) is 43.3 Å². The van der Waals surface area contributed by atoms with Crippen molar-refractivity contribution >= 4 is 41.4 Å². The van der Waals surface area contributed by atoms with Gasteiger partial charge >= 0.3 is 0 Å². The van der Waals surface area contributed by atoms with Crippen LogP contribution >= 0.6 is 0 Å². The number of benzene rings is 4. The number of carbonyl (C=O) groups is 7. The average Bonchev–Trinajstić information content (AvgIpc) is 2.34. The molecule has 15 atom stereocenters. The van der Waals surface area contributed by atoms with Crippen molar-refractivity contribution in [1.82, 2.24) is 46.6 Å². The number of aliphatic hydroxyl groups is 7. The molecule has 14 N–H and O–H groups in total. The molecule has 3 fully saturated rings. The predicted molar refractivity (Wildman–Crippen MR) is 318 cm³/mol. The number of rotatable bonds is 18. The summed E-state index contributed by atoms with van der Waals surface area (Å²) in [4.78, 5) is 106. The van der Waals surface area contributed by atoms with Crippen LogP contribution in [0, 0.1) is 5.92 Å². The van der Waals surface area contributed by atoms with Gasteiger partial charge in [-0.1, -0.05) is 87.4 Å². The number of unbranched alkanes of at least 4 members (excludes halogenated alkanes) is 2. The van der Waals surface area contributed by atoms with Crippen LogP contribution in [0.4, 0.5) is 0 Å². The molecule has 3 aliphatic rings. The van der Waals surface area contributed by atoms with Crippen LogP contribution in [-0.4, -0.2) is 223 Å². The molecule has 3 heterocycles. The van der Waals surface area contributed by atoms with Gasteiger partial charge in [0.1, 0.15) is 66.1 Å². The topological polar surface area (TPSA) is 372 Å². The van der Waals surface area contributed by atoms with Gasteiger partial charge < -0.3 is 86.9 Å². The molecular formula is C62H83N9O16. The second-order valence-electron chi connectivity index (χ2n) is 23.1. The minimum Gasteiger partial charge on any atom is -0.508 e. The summed E-state index contributed by atoms with van der Waals surface area (Å²) in [6.45, 7) is 6.12. The Morgan fingerprint density at radius 2 is 1.21 bits per heavy atom. The maximum Gasteiger partial charge on any atom is 0.251 e. The first-order chi connectivity index (χ1) is 41.4. The molecule has 3 aliphatic heterocycles. The molecule has 472 valence electrons. The van der Waals surface area contributed by atoms with Crippen molar-refractivity contribution in [1.29, 1.82) is 0 Å². The molecule has 0 aromatic heterocycles. The molecule has 4 aromatic rings. The van der Waals surface area contributed by atoms with E-state index in [2.05, 4.69) is 38.8 Å². The molecular weight excluding hydrogens is 1130 g/mol. The van der Waals surface area contributed by atoms with E-state index in [9.17, 15) is 74.4 Å². The number of ether oxygens (including phenoxy) is 1. The number of phenolic OH excluding ortho intramolecular Hbond substituents is 1. The number of hydrogen-bond acceptors (Lipinski definition) is 18. The van der Waals surface area contributed by atoms with E-state index < -0.39 is 152 Å². The average molecular weight is 1210 g/mol. The molecule has 25 nitrogen and oxygen atoms in total. The summed E-state index contributed by atoms with van der Waals surface area (Å²) < 4.78 is 5.87. The van der Waals surface area contributed by atoms with Gasteiger partial charge in [-0.25, -0.2) is 0 Å². The summed E-state index contributed by atoms with van der Waals surface area (Å²) in [6, 6.07) is 15.5. The number of nitrogens with zero attached hydrogens (tertiary/aromatic N) is 3. The van der Waals surface area contributed by atoms with Crippen molar-refractivity contribution < 1.29 is 79.2 Å². The van der Waals surface area contributed by atoms with E-state index in [4.69, 9.17) is 4.74 Å². The summed E-state index contributed by atoms with van der Waals surface area (Å²) in [6.07, 6.45) is -12.1. The minimum atomic E-state index is -2.28. The fourth-order valence-corrected chi connectivity index (χ4v) is 10.9. The smallest absolute Gasteiger partial charge is 0.251 e. The molecule has 7 amide bonds. The lowest BCUT2D eigenvalue weighted by Gasteiger charge is -2.34. The first-order valence-electron chi connectivity index (χ1n) is 29.4. The number of hydrogen-bond donors (Lipinski definition) is 14. The summed E-state index contributed by atoms with van der Waals surface area (Å²) in [5.41, 5.74) is 3.51. The van der Waals surface area contributed by atoms with Crippen molar-refractivity contribution in [2.24, 2.45) is 5.92 Å². The molecule has 87 heavy (non-hydrogen) atoms. The van der Waals surface area contributed by atoms with Crippen LogP contribution in [0.15, 0.2) is 97.1 Å². The maximum atomic E-state index is 14.8. The van der Waals surface area contributed by atoms with Gasteiger partial charge in [-0.05, 0) is 98.6 Å². The van der Waals surface area contributed by atoms with Crippen LogP contribution in [0.3, 0.4) is 0 Å². The highest BCUT2D eigenvalue weighted by Gasteiger charge is 2.50. The van der Waals surface area contributed by atoms with Crippen molar-refractivity contribution in [3.63, 3.8) is 0 Å². The van der Waals surface area contributed by atoms with Crippen LogP contribution in [0.2, 0.25) is 0 Å². The minimum absolute atomic E-state index is 0.0585. The fourth-order valence-electron chi connectivity index (χ4n) is 10.9. The monoisotopic (exact) mass is 1210 g/mol. The van der Waals surface area contributed by atoms with Crippen LogP contribution in [0.25, 0.3) is 22.3 Å². The lowest BCUT2D eigenvalue weighted by Crippen LogP contribution is -2.64. The van der Waals surface area contributed by atoms with Gasteiger partial charge in [-0.2, -0.15) is 0 Å². The fraction of sp³-hybridized carbons (Fsp3) is 0.500. The zero-order chi connectivity index (χ0) is 63.4. The number of amides is 7. The van der Waals surface area contributed by atoms with Gasteiger partial charge in [0, 0.05) is 50.5 Å². The number of nitrogens with one attached hydrogen (secondary N) is 6. The van der Waals surface area contributed by atoms with Crippen LogP contribution in [-0.2, 0) is 28.8 Å². The molecule has 0 aliphatic carbocycles. The van der Waals surface area contributed by atoms with E-state index in [0.717, 1.165) is 70.9 Å². The van der Waals surface area contributed by atoms with Crippen molar-refractivity contribution in [2.75, 3.05) is 46.9 Å². The summed E-state index contributed by atoms with van der Waals surface area (Å²) in [5, 5.41) is 106. The van der Waals surface area contributed by atoms with Crippen LogP contribution in [0.5, 0.6) is 11.5 Å². The number of aromatic hydroxyl groups is 1. The third kappa shape index (κ3) is 16.9.